The Labute approximate surface area is 128 Å². The second-order valence-corrected chi connectivity index (χ2v) is 17.1. The molecule has 122 valence electrons. The van der Waals surface area contributed by atoms with Crippen LogP contribution in [0.1, 0.15) is 41.5 Å². The molecule has 0 aromatic rings. The second-order valence-electron chi connectivity index (χ2n) is 5.30. The molecule has 7 heteroatoms. The molecule has 0 unspecified atom stereocenters. The Morgan fingerprint density at radius 3 is 1.30 bits per heavy atom. The molecule has 0 aliphatic heterocycles. The van der Waals surface area contributed by atoms with Gasteiger partial charge in [0.2, 0.25) is 0 Å². The van der Waals surface area contributed by atoms with Gasteiger partial charge in [0.25, 0.3) is 0 Å². The Kier molecular flexibility index (Phi) is 9.03. The minimum absolute atomic E-state index is 0.724. The molecule has 0 atom stereocenters. The van der Waals surface area contributed by atoms with Gasteiger partial charge in [-0.2, -0.15) is 0 Å². The molecule has 0 aromatic heterocycles. The van der Waals surface area contributed by atoms with E-state index in [1.54, 1.807) is 7.11 Å². The molecule has 0 aliphatic rings. The standard InChI is InChI=1S/C13H34O4Si3/c1-8-18(14,9-2)16-20(12-5,13-6)17-19(10-3,11-4)15-7/h14H,8-13H2,1-7H3. The molecular weight excluding hydrogens is 304 g/mol. The molecule has 20 heavy (non-hydrogen) atoms. The molecule has 0 rings (SSSR count). The maximum absolute atomic E-state index is 10.7. The summed E-state index contributed by atoms with van der Waals surface area (Å²) < 4.78 is 18.7. The zero-order chi connectivity index (χ0) is 15.9. The van der Waals surface area contributed by atoms with Crippen molar-refractivity contribution < 1.29 is 17.5 Å². The van der Waals surface area contributed by atoms with Crippen LogP contribution in [0.5, 0.6) is 0 Å². The Balaban J connectivity index is 5.29. The van der Waals surface area contributed by atoms with Gasteiger partial charge in [0.1, 0.15) is 0 Å². The van der Waals surface area contributed by atoms with Crippen molar-refractivity contribution in [3.8, 4) is 0 Å². The third-order valence-electron chi connectivity index (χ3n) is 4.38. The lowest BCUT2D eigenvalue weighted by molar-refractivity contribution is 0.243. The van der Waals surface area contributed by atoms with Crippen molar-refractivity contribution in [2.24, 2.45) is 0 Å². The van der Waals surface area contributed by atoms with Gasteiger partial charge < -0.3 is 17.5 Å². The van der Waals surface area contributed by atoms with Crippen molar-refractivity contribution in [3.05, 3.63) is 0 Å². The van der Waals surface area contributed by atoms with Crippen LogP contribution in [0.3, 0.4) is 0 Å². The quantitative estimate of drug-likeness (QED) is 0.576. The largest absolute Gasteiger partial charge is 0.415 e. The van der Waals surface area contributed by atoms with Crippen LogP contribution in [0.4, 0.5) is 0 Å². The smallest absolute Gasteiger partial charge is 0.328 e. The van der Waals surface area contributed by atoms with E-state index in [2.05, 4.69) is 27.7 Å². The first-order valence-corrected chi connectivity index (χ1v) is 14.7. The molecule has 0 heterocycles. The van der Waals surface area contributed by atoms with Crippen LogP contribution in [0.15, 0.2) is 0 Å². The van der Waals surface area contributed by atoms with Gasteiger partial charge in [-0.25, -0.2) is 0 Å². The lowest BCUT2D eigenvalue weighted by Gasteiger charge is -2.42. The van der Waals surface area contributed by atoms with E-state index in [0.717, 1.165) is 36.3 Å². The van der Waals surface area contributed by atoms with Gasteiger partial charge in [-0.15, -0.1) is 0 Å². The average molecular weight is 339 g/mol. The minimum atomic E-state index is -2.61. The second kappa shape index (κ2) is 8.82. The van der Waals surface area contributed by atoms with Crippen molar-refractivity contribution >= 4 is 25.7 Å². The van der Waals surface area contributed by atoms with Crippen molar-refractivity contribution in [2.75, 3.05) is 7.11 Å². The van der Waals surface area contributed by atoms with Gasteiger partial charge in [-0.1, -0.05) is 41.5 Å². The van der Waals surface area contributed by atoms with E-state index in [1.807, 2.05) is 13.8 Å². The maximum atomic E-state index is 10.7. The van der Waals surface area contributed by atoms with Gasteiger partial charge in [0.05, 0.1) is 0 Å². The Morgan fingerprint density at radius 2 is 1.05 bits per heavy atom. The molecule has 0 saturated carbocycles. The van der Waals surface area contributed by atoms with Crippen LogP contribution < -0.4 is 0 Å². The molecule has 0 spiro atoms. The zero-order valence-electron chi connectivity index (χ0n) is 14.4. The van der Waals surface area contributed by atoms with Crippen LogP contribution in [-0.2, 0) is 12.7 Å². The summed E-state index contributed by atoms with van der Waals surface area (Å²) in [5, 5.41) is 0. The van der Waals surface area contributed by atoms with Crippen molar-refractivity contribution in [2.45, 2.75) is 77.8 Å². The van der Waals surface area contributed by atoms with E-state index < -0.39 is 25.7 Å². The molecule has 0 aromatic carbocycles. The fourth-order valence-electron chi connectivity index (χ4n) is 2.36. The summed E-state index contributed by atoms with van der Waals surface area (Å²) in [6, 6.07) is 5.04. The molecule has 0 radical (unpaired) electrons. The van der Waals surface area contributed by atoms with Gasteiger partial charge in [0, 0.05) is 7.11 Å². The number of rotatable bonds is 11. The summed E-state index contributed by atoms with van der Waals surface area (Å²) in [4.78, 5) is 10.7. The third-order valence-corrected chi connectivity index (χ3v) is 17.6. The molecule has 4 nitrogen and oxygen atoms in total. The highest BCUT2D eigenvalue weighted by molar-refractivity contribution is 6.86. The summed E-state index contributed by atoms with van der Waals surface area (Å²) in [5.74, 6) is 0. The topological polar surface area (TPSA) is 47.9 Å². The van der Waals surface area contributed by atoms with Crippen molar-refractivity contribution in [1.82, 2.24) is 0 Å². The average Bonchev–Trinajstić information content (AvgIpc) is 2.51. The van der Waals surface area contributed by atoms with Crippen molar-refractivity contribution in [1.29, 1.82) is 0 Å². The molecule has 0 saturated heterocycles. The number of hydrogen-bond acceptors (Lipinski definition) is 4. The van der Waals surface area contributed by atoms with Gasteiger partial charge in [-0.05, 0) is 36.3 Å². The molecule has 1 N–H and O–H groups in total. The molecule has 0 fully saturated rings. The Morgan fingerprint density at radius 1 is 0.650 bits per heavy atom. The zero-order valence-corrected chi connectivity index (χ0v) is 17.4. The SMILES string of the molecule is CC[Si](O)(CC)O[Si](CC)(CC)O[Si](CC)(CC)OC. The van der Waals surface area contributed by atoms with Crippen LogP contribution in [0.25, 0.3) is 0 Å². The monoisotopic (exact) mass is 338 g/mol. The Hall–Kier alpha value is 0.491. The third kappa shape index (κ3) is 5.04. The summed E-state index contributed by atoms with van der Waals surface area (Å²) >= 11 is 0. The van der Waals surface area contributed by atoms with E-state index in [4.69, 9.17) is 12.7 Å². The van der Waals surface area contributed by atoms with Crippen LogP contribution in [0.2, 0.25) is 36.3 Å². The van der Waals surface area contributed by atoms with E-state index >= 15 is 0 Å². The summed E-state index contributed by atoms with van der Waals surface area (Å²) in [7, 11) is -5.40. The summed E-state index contributed by atoms with van der Waals surface area (Å²) in [5.41, 5.74) is 0. The highest BCUT2D eigenvalue weighted by atomic mass is 28.5. The predicted octanol–water partition coefficient (Wildman–Crippen LogP) is 4.10. The number of hydrogen-bond donors (Lipinski definition) is 1. The first-order valence-electron chi connectivity index (χ1n) is 8.02. The van der Waals surface area contributed by atoms with Gasteiger partial charge >= 0.3 is 25.7 Å². The van der Waals surface area contributed by atoms with E-state index in [0.29, 0.717) is 0 Å². The van der Waals surface area contributed by atoms with E-state index in [-0.39, 0.29) is 0 Å². The van der Waals surface area contributed by atoms with E-state index in [9.17, 15) is 4.80 Å². The lowest BCUT2D eigenvalue weighted by Crippen LogP contribution is -2.59. The highest BCUT2D eigenvalue weighted by Crippen LogP contribution is 2.32. The fourth-order valence-corrected chi connectivity index (χ4v) is 15.4. The first kappa shape index (κ1) is 20.5. The Bertz CT molecular complexity index is 256. The first-order chi connectivity index (χ1) is 9.34. The molecule has 0 bridgehead atoms. The van der Waals surface area contributed by atoms with E-state index in [1.165, 1.54) is 0 Å². The summed E-state index contributed by atoms with van der Waals surface area (Å²) in [6.07, 6.45) is 0. The molecule has 0 aliphatic carbocycles. The molecular formula is C13H34O4Si3. The molecule has 0 amide bonds. The minimum Gasteiger partial charge on any atom is -0.415 e. The van der Waals surface area contributed by atoms with Gasteiger partial charge in [0.15, 0.2) is 0 Å². The van der Waals surface area contributed by atoms with Crippen molar-refractivity contribution in [3.63, 3.8) is 0 Å². The lowest BCUT2D eigenvalue weighted by atomic mass is 10.9. The van der Waals surface area contributed by atoms with Gasteiger partial charge in [-0.3, -0.25) is 0 Å². The predicted molar refractivity (Wildman–Crippen MR) is 91.5 cm³/mol. The normalized spacial score (nSPS) is 13.8. The van der Waals surface area contributed by atoms with Crippen LogP contribution in [0, 0.1) is 0 Å². The van der Waals surface area contributed by atoms with Crippen LogP contribution >= 0.6 is 0 Å². The van der Waals surface area contributed by atoms with Crippen LogP contribution in [-0.4, -0.2) is 37.6 Å². The summed E-state index contributed by atoms with van der Waals surface area (Å²) in [6.45, 7) is 12.5. The maximum Gasteiger partial charge on any atom is 0.328 e. The highest BCUT2D eigenvalue weighted by Gasteiger charge is 2.49. The fraction of sp³-hybridized carbons (Fsp3) is 1.00.